The fourth-order valence-electron chi connectivity index (χ4n) is 2.69. The van der Waals surface area contributed by atoms with Crippen molar-refractivity contribution in [2.24, 2.45) is 0 Å². The van der Waals surface area contributed by atoms with Gasteiger partial charge < -0.3 is 18.6 Å². The molecule has 0 aliphatic heterocycles. The molecule has 1 amide bonds. The number of oxazole rings is 1. The predicted molar refractivity (Wildman–Crippen MR) is 97.4 cm³/mol. The van der Waals surface area contributed by atoms with Gasteiger partial charge in [-0.05, 0) is 12.1 Å². The largest absolute Gasteiger partial charge is 0.482 e. The monoisotopic (exact) mass is 379 g/mol. The molecule has 0 aliphatic rings. The Morgan fingerprint density at radius 2 is 2.07 bits per heavy atom. The molecule has 0 bridgehead atoms. The lowest BCUT2D eigenvalue weighted by Gasteiger charge is -2.12. The molecule has 0 N–H and O–H groups in total. The first-order valence-electron chi connectivity index (χ1n) is 8.56. The molecular formula is C19H17N5O4. The maximum atomic E-state index is 12.5. The van der Waals surface area contributed by atoms with Crippen molar-refractivity contribution in [2.75, 3.05) is 7.05 Å². The smallest absolute Gasteiger partial charge is 0.275 e. The first-order chi connectivity index (χ1) is 13.6. The highest BCUT2D eigenvalue weighted by atomic mass is 16.5. The molecule has 4 rings (SSSR count). The summed E-state index contributed by atoms with van der Waals surface area (Å²) in [5.41, 5.74) is 0.931. The van der Waals surface area contributed by atoms with Gasteiger partial charge in [0.25, 0.3) is 5.91 Å². The third-order valence-electron chi connectivity index (χ3n) is 4.01. The second kappa shape index (κ2) is 7.47. The molecule has 142 valence electrons. The maximum Gasteiger partial charge on any atom is 0.275 e. The van der Waals surface area contributed by atoms with Crippen molar-refractivity contribution in [2.45, 2.75) is 20.1 Å². The molecular weight excluding hydrogens is 362 g/mol. The lowest BCUT2D eigenvalue weighted by molar-refractivity contribution is 0.0774. The highest BCUT2D eigenvalue weighted by molar-refractivity contribution is 5.91. The van der Waals surface area contributed by atoms with Gasteiger partial charge in [0, 0.05) is 25.6 Å². The van der Waals surface area contributed by atoms with Crippen molar-refractivity contribution < 1.29 is 18.5 Å². The van der Waals surface area contributed by atoms with Crippen molar-refractivity contribution in [1.29, 1.82) is 0 Å². The highest BCUT2D eigenvalue weighted by Gasteiger charge is 2.19. The average Bonchev–Trinajstić information content (AvgIpc) is 3.34. The SMILES string of the molecule is Cc1nc(CN(C)C(=O)c2coc(COc3cccc4cccnc34)n2)no1. The molecule has 0 saturated carbocycles. The summed E-state index contributed by atoms with van der Waals surface area (Å²) >= 11 is 0. The Morgan fingerprint density at radius 1 is 1.21 bits per heavy atom. The minimum atomic E-state index is -0.315. The van der Waals surface area contributed by atoms with Crippen molar-refractivity contribution in [1.82, 2.24) is 25.0 Å². The lowest BCUT2D eigenvalue weighted by atomic mass is 10.2. The summed E-state index contributed by atoms with van der Waals surface area (Å²) in [5, 5.41) is 4.75. The Bertz CT molecular complexity index is 1110. The summed E-state index contributed by atoms with van der Waals surface area (Å²) < 4.78 is 16.1. The number of pyridine rings is 1. The number of aryl methyl sites for hydroxylation is 1. The van der Waals surface area contributed by atoms with Gasteiger partial charge in [-0.15, -0.1) is 0 Å². The normalized spacial score (nSPS) is 10.9. The van der Waals surface area contributed by atoms with Crippen LogP contribution < -0.4 is 4.74 Å². The molecule has 0 radical (unpaired) electrons. The van der Waals surface area contributed by atoms with Gasteiger partial charge in [-0.25, -0.2) is 4.98 Å². The van der Waals surface area contributed by atoms with Crippen LogP contribution in [0.25, 0.3) is 10.9 Å². The Balaban J connectivity index is 1.41. The Kier molecular flexibility index (Phi) is 4.71. The van der Waals surface area contributed by atoms with Gasteiger partial charge in [-0.1, -0.05) is 23.4 Å². The minimum absolute atomic E-state index is 0.0801. The number of amides is 1. The van der Waals surface area contributed by atoms with Crippen molar-refractivity contribution in [3.63, 3.8) is 0 Å². The zero-order valence-electron chi connectivity index (χ0n) is 15.3. The zero-order chi connectivity index (χ0) is 19.5. The molecule has 0 unspecified atom stereocenters. The zero-order valence-corrected chi connectivity index (χ0v) is 15.3. The Hall–Kier alpha value is -3.75. The summed E-state index contributed by atoms with van der Waals surface area (Å²) in [4.78, 5) is 26.5. The second-order valence-electron chi connectivity index (χ2n) is 6.14. The summed E-state index contributed by atoms with van der Waals surface area (Å²) in [5.74, 6) is 1.46. The first kappa shape index (κ1) is 17.7. The van der Waals surface area contributed by atoms with Crippen LogP contribution in [-0.4, -0.2) is 38.0 Å². The van der Waals surface area contributed by atoms with Crippen LogP contribution >= 0.6 is 0 Å². The van der Waals surface area contributed by atoms with E-state index in [2.05, 4.69) is 20.1 Å². The fraction of sp³-hybridized carbons (Fsp3) is 0.211. The molecule has 0 aliphatic carbocycles. The molecule has 0 saturated heterocycles. The van der Waals surface area contributed by atoms with Gasteiger partial charge in [-0.2, -0.15) is 4.98 Å². The molecule has 0 atom stereocenters. The van der Waals surface area contributed by atoms with E-state index in [1.54, 1.807) is 20.2 Å². The number of carbonyl (C=O) groups is 1. The quantitative estimate of drug-likeness (QED) is 0.503. The van der Waals surface area contributed by atoms with Crippen LogP contribution in [-0.2, 0) is 13.2 Å². The maximum absolute atomic E-state index is 12.5. The number of carbonyl (C=O) groups excluding carboxylic acids is 1. The topological polar surface area (TPSA) is 107 Å². The summed E-state index contributed by atoms with van der Waals surface area (Å²) in [6.07, 6.45) is 3.01. The van der Waals surface area contributed by atoms with Gasteiger partial charge in [0.1, 0.15) is 17.5 Å². The van der Waals surface area contributed by atoms with Crippen molar-refractivity contribution in [3.05, 3.63) is 66.1 Å². The van der Waals surface area contributed by atoms with E-state index in [1.165, 1.54) is 11.2 Å². The van der Waals surface area contributed by atoms with Crippen LogP contribution in [0.15, 0.2) is 51.7 Å². The van der Waals surface area contributed by atoms with Gasteiger partial charge in [-0.3, -0.25) is 9.78 Å². The van der Waals surface area contributed by atoms with E-state index in [9.17, 15) is 4.79 Å². The van der Waals surface area contributed by atoms with Gasteiger partial charge in [0.2, 0.25) is 11.8 Å². The minimum Gasteiger partial charge on any atom is -0.482 e. The second-order valence-corrected chi connectivity index (χ2v) is 6.14. The van der Waals surface area contributed by atoms with E-state index < -0.39 is 0 Å². The van der Waals surface area contributed by atoms with Crippen molar-refractivity contribution >= 4 is 16.8 Å². The predicted octanol–water partition coefficient (Wildman–Crippen LogP) is 2.77. The van der Waals surface area contributed by atoms with Gasteiger partial charge in [0.05, 0.1) is 6.54 Å². The number of ether oxygens (including phenoxy) is 1. The average molecular weight is 379 g/mol. The number of hydrogen-bond donors (Lipinski definition) is 0. The third kappa shape index (κ3) is 3.68. The number of hydrogen-bond acceptors (Lipinski definition) is 8. The highest BCUT2D eigenvalue weighted by Crippen LogP contribution is 2.23. The summed E-state index contributed by atoms with van der Waals surface area (Å²) in [6, 6.07) is 9.49. The van der Waals surface area contributed by atoms with Crippen LogP contribution in [0.1, 0.15) is 28.1 Å². The Labute approximate surface area is 160 Å². The standard InChI is InChI=1S/C19H17N5O4/c1-12-21-16(23-28-12)9-24(2)19(25)14-10-27-17(22-14)11-26-15-7-3-5-13-6-4-8-20-18(13)15/h3-8,10H,9,11H2,1-2H3. The van der Waals surface area contributed by atoms with E-state index in [0.717, 1.165) is 10.9 Å². The fourth-order valence-corrected chi connectivity index (χ4v) is 2.69. The lowest BCUT2D eigenvalue weighted by Crippen LogP contribution is -2.27. The number of rotatable bonds is 6. The number of aromatic nitrogens is 4. The van der Waals surface area contributed by atoms with Gasteiger partial charge in [0.15, 0.2) is 18.1 Å². The van der Waals surface area contributed by atoms with Crippen molar-refractivity contribution in [3.8, 4) is 5.75 Å². The Morgan fingerprint density at radius 3 is 2.89 bits per heavy atom. The van der Waals surface area contributed by atoms with Crippen LogP contribution in [0.5, 0.6) is 5.75 Å². The van der Waals surface area contributed by atoms with Gasteiger partial charge >= 0.3 is 0 Å². The molecule has 9 heteroatoms. The summed E-state index contributed by atoms with van der Waals surface area (Å²) in [7, 11) is 1.63. The third-order valence-corrected chi connectivity index (χ3v) is 4.01. The molecule has 3 heterocycles. The van der Waals surface area contributed by atoms with E-state index >= 15 is 0 Å². The molecule has 3 aromatic heterocycles. The first-order valence-corrected chi connectivity index (χ1v) is 8.56. The number of para-hydroxylation sites is 1. The molecule has 9 nitrogen and oxygen atoms in total. The van der Waals surface area contributed by atoms with E-state index in [1.807, 2.05) is 30.3 Å². The number of fused-ring (bicyclic) bond motifs is 1. The van der Waals surface area contributed by atoms with Crippen LogP contribution in [0, 0.1) is 6.92 Å². The van der Waals surface area contributed by atoms with Crippen LogP contribution in [0.2, 0.25) is 0 Å². The van der Waals surface area contributed by atoms with E-state index in [0.29, 0.717) is 23.4 Å². The molecule has 4 aromatic rings. The van der Waals surface area contributed by atoms with Crippen LogP contribution in [0.3, 0.4) is 0 Å². The molecule has 28 heavy (non-hydrogen) atoms. The number of benzene rings is 1. The summed E-state index contributed by atoms with van der Waals surface area (Å²) in [6.45, 7) is 1.97. The van der Waals surface area contributed by atoms with E-state index in [4.69, 9.17) is 13.7 Å². The number of nitrogens with zero attached hydrogens (tertiary/aromatic N) is 5. The molecule has 0 spiro atoms. The molecule has 0 fully saturated rings. The van der Waals surface area contributed by atoms with E-state index in [-0.39, 0.29) is 24.8 Å². The molecule has 1 aromatic carbocycles. The van der Waals surface area contributed by atoms with Crippen LogP contribution in [0.4, 0.5) is 0 Å².